The van der Waals surface area contributed by atoms with Crippen LogP contribution < -0.4 is 16.6 Å². The minimum absolute atomic E-state index is 0.148. The molecule has 9 nitrogen and oxygen atoms in total. The third-order valence-corrected chi connectivity index (χ3v) is 6.03. The molecule has 4 rings (SSSR count). The normalized spacial score (nSPS) is 11.3. The first-order valence-electron chi connectivity index (χ1n) is 10.0. The van der Waals surface area contributed by atoms with Crippen molar-refractivity contribution < 1.29 is 4.79 Å². The zero-order chi connectivity index (χ0) is 23.0. The van der Waals surface area contributed by atoms with Gasteiger partial charge in [-0.15, -0.1) is 11.3 Å². The maximum absolute atomic E-state index is 12.7. The fourth-order valence-corrected chi connectivity index (χ4v) is 4.14. The van der Waals surface area contributed by atoms with Crippen molar-refractivity contribution in [2.75, 3.05) is 5.32 Å². The van der Waals surface area contributed by atoms with Crippen LogP contribution in [0.3, 0.4) is 0 Å². The molecule has 0 fully saturated rings. The van der Waals surface area contributed by atoms with E-state index in [1.807, 2.05) is 17.5 Å². The van der Waals surface area contributed by atoms with Gasteiger partial charge in [-0.2, -0.15) is 0 Å². The number of amides is 1. The van der Waals surface area contributed by atoms with Crippen LogP contribution in [0, 0.1) is 0 Å². The molecule has 1 amide bonds. The van der Waals surface area contributed by atoms with Gasteiger partial charge < -0.3 is 5.32 Å². The van der Waals surface area contributed by atoms with E-state index in [9.17, 15) is 14.4 Å². The third kappa shape index (κ3) is 3.96. The summed E-state index contributed by atoms with van der Waals surface area (Å²) in [5.74, 6) is 0.0865. The van der Waals surface area contributed by atoms with E-state index in [0.717, 1.165) is 15.8 Å². The van der Waals surface area contributed by atoms with Crippen LogP contribution in [0.25, 0.3) is 22.3 Å². The number of hydrogen-bond donors (Lipinski definition) is 1. The topological polar surface area (TPSA) is 112 Å². The summed E-state index contributed by atoms with van der Waals surface area (Å²) >= 11 is 1.32. The number of benzene rings is 1. The third-order valence-electron chi connectivity index (χ3n) is 5.27. The Morgan fingerprint density at radius 1 is 1.09 bits per heavy atom. The van der Waals surface area contributed by atoms with Gasteiger partial charge in [0.15, 0.2) is 10.8 Å². The van der Waals surface area contributed by atoms with Gasteiger partial charge in [-0.25, -0.2) is 19.7 Å². The average Bonchev–Trinajstić information content (AvgIpc) is 3.24. The van der Waals surface area contributed by atoms with E-state index in [1.165, 1.54) is 41.9 Å². The number of anilines is 1. The van der Waals surface area contributed by atoms with Crippen molar-refractivity contribution in [2.45, 2.75) is 26.2 Å². The van der Waals surface area contributed by atoms with E-state index in [-0.39, 0.29) is 29.1 Å². The van der Waals surface area contributed by atoms with Gasteiger partial charge in [-0.1, -0.05) is 38.1 Å². The smallest absolute Gasteiger partial charge is 0.302 e. The number of rotatable bonds is 5. The molecule has 0 aliphatic rings. The Hall–Kier alpha value is -3.66. The fourth-order valence-electron chi connectivity index (χ4n) is 3.41. The van der Waals surface area contributed by atoms with Crippen molar-refractivity contribution >= 4 is 33.4 Å². The molecule has 0 unspecified atom stereocenters. The SMILES string of the molecule is CC(C)c1ccc(-c2csc(NC(=O)Cc3ncnc4c3c(=O)n(C)c(=O)n4C)n2)cc1. The number of carbonyl (C=O) groups excluding carboxylic acids is 1. The number of thiazole rings is 1. The van der Waals surface area contributed by atoms with Crippen LogP contribution in [0.5, 0.6) is 0 Å². The molecule has 0 radical (unpaired) electrons. The van der Waals surface area contributed by atoms with Crippen LogP contribution in [0.2, 0.25) is 0 Å². The van der Waals surface area contributed by atoms with E-state index in [4.69, 9.17) is 0 Å². The molecule has 4 aromatic rings. The molecule has 0 bridgehead atoms. The van der Waals surface area contributed by atoms with Crippen LogP contribution in [-0.2, 0) is 25.3 Å². The fraction of sp³-hybridized carbons (Fsp3) is 0.273. The van der Waals surface area contributed by atoms with Gasteiger partial charge in [0.25, 0.3) is 5.56 Å². The van der Waals surface area contributed by atoms with Gasteiger partial charge in [0.1, 0.15) is 11.7 Å². The first kappa shape index (κ1) is 21.6. The maximum atomic E-state index is 12.7. The predicted octanol–water partition coefficient (Wildman–Crippen LogP) is 2.46. The number of hydrogen-bond acceptors (Lipinski definition) is 7. The largest absolute Gasteiger partial charge is 0.332 e. The molecular formula is C22H22N6O3S. The zero-order valence-electron chi connectivity index (χ0n) is 18.1. The highest BCUT2D eigenvalue weighted by Gasteiger charge is 2.17. The predicted molar refractivity (Wildman–Crippen MR) is 124 cm³/mol. The molecule has 10 heteroatoms. The molecular weight excluding hydrogens is 428 g/mol. The lowest BCUT2D eigenvalue weighted by Gasteiger charge is -2.09. The van der Waals surface area contributed by atoms with Gasteiger partial charge >= 0.3 is 5.69 Å². The highest BCUT2D eigenvalue weighted by molar-refractivity contribution is 7.14. The number of nitrogens with zero attached hydrogens (tertiary/aromatic N) is 5. The van der Waals surface area contributed by atoms with Crippen LogP contribution in [0.15, 0.2) is 45.6 Å². The van der Waals surface area contributed by atoms with Crippen molar-refractivity contribution in [1.29, 1.82) is 0 Å². The second-order valence-corrected chi connectivity index (χ2v) is 8.62. The van der Waals surface area contributed by atoms with Crippen LogP contribution in [0.4, 0.5) is 5.13 Å². The minimum atomic E-state index is -0.534. The van der Waals surface area contributed by atoms with E-state index >= 15 is 0 Å². The Balaban J connectivity index is 1.56. The first-order valence-corrected chi connectivity index (χ1v) is 10.9. The quantitative estimate of drug-likeness (QED) is 0.500. The van der Waals surface area contributed by atoms with Gasteiger partial charge in [0.2, 0.25) is 5.91 Å². The average molecular weight is 451 g/mol. The monoisotopic (exact) mass is 450 g/mol. The summed E-state index contributed by atoms with van der Waals surface area (Å²) in [7, 11) is 2.90. The molecule has 164 valence electrons. The van der Waals surface area contributed by atoms with E-state index in [2.05, 4.69) is 46.2 Å². The Morgan fingerprint density at radius 2 is 1.81 bits per heavy atom. The molecule has 1 N–H and O–H groups in total. The summed E-state index contributed by atoms with van der Waals surface area (Å²) in [6.45, 7) is 4.28. The summed E-state index contributed by atoms with van der Waals surface area (Å²) in [5.41, 5.74) is 2.41. The zero-order valence-corrected chi connectivity index (χ0v) is 18.9. The Morgan fingerprint density at radius 3 is 2.50 bits per heavy atom. The van der Waals surface area contributed by atoms with Crippen molar-refractivity contribution in [2.24, 2.45) is 14.1 Å². The molecule has 0 aliphatic heterocycles. The summed E-state index contributed by atoms with van der Waals surface area (Å²) in [4.78, 5) is 50.1. The molecule has 3 aromatic heterocycles. The number of aromatic nitrogens is 5. The van der Waals surface area contributed by atoms with Crippen LogP contribution >= 0.6 is 11.3 Å². The lowest BCUT2D eigenvalue weighted by molar-refractivity contribution is -0.115. The van der Waals surface area contributed by atoms with Gasteiger partial charge in [0.05, 0.1) is 17.8 Å². The second kappa shape index (κ2) is 8.46. The van der Waals surface area contributed by atoms with Crippen LogP contribution in [0.1, 0.15) is 31.0 Å². The first-order chi connectivity index (χ1) is 15.3. The number of nitrogens with one attached hydrogen (secondary N) is 1. The van der Waals surface area contributed by atoms with E-state index in [1.54, 1.807) is 0 Å². The Kier molecular flexibility index (Phi) is 5.70. The van der Waals surface area contributed by atoms with E-state index in [0.29, 0.717) is 11.0 Å². The maximum Gasteiger partial charge on any atom is 0.332 e. The summed E-state index contributed by atoms with van der Waals surface area (Å²) in [6.07, 6.45) is 1.09. The van der Waals surface area contributed by atoms with Crippen molar-refractivity contribution in [3.63, 3.8) is 0 Å². The minimum Gasteiger partial charge on any atom is -0.302 e. The van der Waals surface area contributed by atoms with Gasteiger partial charge in [0, 0.05) is 25.0 Å². The summed E-state index contributed by atoms with van der Waals surface area (Å²) < 4.78 is 2.24. The molecule has 32 heavy (non-hydrogen) atoms. The van der Waals surface area contributed by atoms with E-state index < -0.39 is 11.2 Å². The van der Waals surface area contributed by atoms with Crippen molar-refractivity contribution in [3.05, 3.63) is 68.1 Å². The molecule has 0 saturated carbocycles. The van der Waals surface area contributed by atoms with Crippen molar-refractivity contribution in [1.82, 2.24) is 24.1 Å². The number of carbonyl (C=O) groups is 1. The lowest BCUT2D eigenvalue weighted by atomic mass is 10.0. The standard InChI is InChI=1S/C22H22N6O3S/c1-12(2)13-5-7-14(8-6-13)16-10-32-21(25-16)26-17(29)9-15-18-19(24-11-23-15)27(3)22(31)28(4)20(18)30/h5-8,10-12H,9H2,1-4H3,(H,25,26,29). The molecule has 1 aromatic carbocycles. The molecule has 3 heterocycles. The summed E-state index contributed by atoms with van der Waals surface area (Å²) in [5, 5.41) is 5.25. The molecule has 0 saturated heterocycles. The second-order valence-electron chi connectivity index (χ2n) is 7.76. The Labute approximate surface area is 187 Å². The van der Waals surface area contributed by atoms with Crippen LogP contribution in [-0.4, -0.2) is 30.0 Å². The molecule has 0 atom stereocenters. The Bertz CT molecular complexity index is 1430. The highest BCUT2D eigenvalue weighted by atomic mass is 32.1. The van der Waals surface area contributed by atoms with Crippen molar-refractivity contribution in [3.8, 4) is 11.3 Å². The highest BCUT2D eigenvalue weighted by Crippen LogP contribution is 2.26. The summed E-state index contributed by atoms with van der Waals surface area (Å²) in [6, 6.07) is 8.18. The van der Waals surface area contributed by atoms with Gasteiger partial charge in [-0.3, -0.25) is 18.7 Å². The number of fused-ring (bicyclic) bond motifs is 1. The molecule has 0 aliphatic carbocycles. The number of aryl methyl sites for hydroxylation is 1. The molecule has 0 spiro atoms. The lowest BCUT2D eigenvalue weighted by Crippen LogP contribution is -2.38. The van der Waals surface area contributed by atoms with Gasteiger partial charge in [-0.05, 0) is 11.5 Å².